The molecular weight excluding hydrogens is 334 g/mol. The zero-order valence-electron chi connectivity index (χ0n) is 12.6. The second-order valence-corrected chi connectivity index (χ2v) is 6.19. The summed E-state index contributed by atoms with van der Waals surface area (Å²) in [7, 11) is 3.11. The zero-order valence-corrected chi connectivity index (χ0v) is 14.1. The summed E-state index contributed by atoms with van der Waals surface area (Å²) in [6, 6.07) is 12.9. The smallest absolute Gasteiger partial charge is 0.267 e. The summed E-state index contributed by atoms with van der Waals surface area (Å²) in [5.74, 6) is 0.911. The van der Waals surface area contributed by atoms with E-state index in [9.17, 15) is 4.79 Å². The third-order valence-electron chi connectivity index (χ3n) is 3.40. The second kappa shape index (κ2) is 6.48. The molecule has 1 aromatic heterocycles. The zero-order chi connectivity index (χ0) is 16.4. The molecule has 4 nitrogen and oxygen atoms in total. The van der Waals surface area contributed by atoms with Gasteiger partial charge in [0.2, 0.25) is 0 Å². The summed E-state index contributed by atoms with van der Waals surface area (Å²) in [4.78, 5) is 13.0. The van der Waals surface area contributed by atoms with Crippen LogP contribution in [0.2, 0.25) is 5.02 Å². The lowest BCUT2D eigenvalue weighted by Gasteiger charge is -2.11. The molecule has 0 bridgehead atoms. The monoisotopic (exact) mass is 347 g/mol. The predicted octanol–water partition coefficient (Wildman–Crippen LogP) is 4.82. The summed E-state index contributed by atoms with van der Waals surface area (Å²) < 4.78 is 11.4. The van der Waals surface area contributed by atoms with Gasteiger partial charge in [-0.15, -0.1) is 11.3 Å². The molecule has 23 heavy (non-hydrogen) atoms. The minimum absolute atomic E-state index is 0.264. The molecule has 0 fully saturated rings. The number of benzene rings is 2. The molecule has 1 N–H and O–H groups in total. The number of ether oxygens (including phenoxy) is 2. The molecule has 0 aliphatic rings. The molecule has 0 saturated heterocycles. The van der Waals surface area contributed by atoms with Crippen molar-refractivity contribution in [3.8, 4) is 11.5 Å². The van der Waals surface area contributed by atoms with Crippen molar-refractivity contribution in [2.75, 3.05) is 19.5 Å². The Kier molecular flexibility index (Phi) is 4.41. The fraction of sp³-hybridized carbons (Fsp3) is 0.118. The topological polar surface area (TPSA) is 47.6 Å². The fourth-order valence-electron chi connectivity index (χ4n) is 2.24. The number of carbonyl (C=O) groups is 1. The summed E-state index contributed by atoms with van der Waals surface area (Å²) in [6.07, 6.45) is 0. The molecule has 3 rings (SSSR count). The van der Waals surface area contributed by atoms with E-state index in [1.807, 2.05) is 24.3 Å². The minimum atomic E-state index is -0.264. The molecule has 0 atom stereocenters. The van der Waals surface area contributed by atoms with E-state index in [1.165, 1.54) is 18.4 Å². The van der Waals surface area contributed by atoms with Crippen molar-refractivity contribution >= 4 is 44.6 Å². The lowest BCUT2D eigenvalue weighted by atomic mass is 10.2. The number of fused-ring (bicyclic) bond motifs is 1. The van der Waals surface area contributed by atoms with Crippen molar-refractivity contribution in [3.63, 3.8) is 0 Å². The number of thiophene rings is 1. The first-order valence-electron chi connectivity index (χ1n) is 6.84. The van der Waals surface area contributed by atoms with Crippen LogP contribution in [0.1, 0.15) is 9.67 Å². The molecule has 0 aliphatic carbocycles. The lowest BCUT2D eigenvalue weighted by Crippen LogP contribution is -2.11. The van der Waals surface area contributed by atoms with E-state index >= 15 is 0 Å². The van der Waals surface area contributed by atoms with E-state index in [0.29, 0.717) is 27.1 Å². The summed E-state index contributed by atoms with van der Waals surface area (Å²) in [5, 5.41) is 4.19. The predicted molar refractivity (Wildman–Crippen MR) is 94.3 cm³/mol. The van der Waals surface area contributed by atoms with Gasteiger partial charge >= 0.3 is 0 Å². The standard InChI is InChI=1S/C17H14ClNO3S/c1-21-10-7-8-12(13(9-10)22-2)19-17(20)16-15(18)11-5-3-4-6-14(11)23-16/h3-9H,1-2H3,(H,19,20). The van der Waals surface area contributed by atoms with Gasteiger partial charge in [-0.05, 0) is 18.2 Å². The van der Waals surface area contributed by atoms with Crippen LogP contribution >= 0.6 is 22.9 Å². The maximum absolute atomic E-state index is 12.6. The highest BCUT2D eigenvalue weighted by Crippen LogP contribution is 2.36. The largest absolute Gasteiger partial charge is 0.497 e. The maximum Gasteiger partial charge on any atom is 0.267 e. The van der Waals surface area contributed by atoms with Gasteiger partial charge < -0.3 is 14.8 Å². The van der Waals surface area contributed by atoms with Crippen LogP contribution in [-0.4, -0.2) is 20.1 Å². The van der Waals surface area contributed by atoms with Crippen molar-refractivity contribution in [3.05, 3.63) is 52.4 Å². The number of rotatable bonds is 4. The van der Waals surface area contributed by atoms with E-state index in [1.54, 1.807) is 25.3 Å². The van der Waals surface area contributed by atoms with Gasteiger partial charge in [0.05, 0.1) is 24.9 Å². The van der Waals surface area contributed by atoms with Gasteiger partial charge in [0.25, 0.3) is 5.91 Å². The third kappa shape index (κ3) is 2.98. The third-order valence-corrected chi connectivity index (χ3v) is 5.07. The highest BCUT2D eigenvalue weighted by atomic mass is 35.5. The normalized spacial score (nSPS) is 10.6. The Labute approximate surface area is 142 Å². The van der Waals surface area contributed by atoms with Gasteiger partial charge in [0, 0.05) is 16.2 Å². The van der Waals surface area contributed by atoms with E-state index in [4.69, 9.17) is 21.1 Å². The van der Waals surface area contributed by atoms with Gasteiger partial charge in [-0.3, -0.25) is 4.79 Å². The van der Waals surface area contributed by atoms with Crippen molar-refractivity contribution in [2.24, 2.45) is 0 Å². The molecule has 6 heteroatoms. The Morgan fingerprint density at radius 2 is 1.91 bits per heavy atom. The first-order chi connectivity index (χ1) is 11.1. The van der Waals surface area contributed by atoms with E-state index < -0.39 is 0 Å². The van der Waals surface area contributed by atoms with Crippen molar-refractivity contribution < 1.29 is 14.3 Å². The van der Waals surface area contributed by atoms with Gasteiger partial charge in [-0.2, -0.15) is 0 Å². The first-order valence-corrected chi connectivity index (χ1v) is 8.04. The first kappa shape index (κ1) is 15.6. The fourth-order valence-corrected chi connectivity index (χ4v) is 3.65. The van der Waals surface area contributed by atoms with Crippen LogP contribution in [0.4, 0.5) is 5.69 Å². The van der Waals surface area contributed by atoms with Crippen molar-refractivity contribution in [1.29, 1.82) is 0 Å². The molecule has 1 heterocycles. The van der Waals surface area contributed by atoms with Crippen LogP contribution in [0.15, 0.2) is 42.5 Å². The number of hydrogen-bond acceptors (Lipinski definition) is 4. The number of halogens is 1. The summed E-state index contributed by atoms with van der Waals surface area (Å²) >= 11 is 7.70. The Hall–Kier alpha value is -2.24. The van der Waals surface area contributed by atoms with Gasteiger partial charge in [-0.1, -0.05) is 29.8 Å². The number of anilines is 1. The Morgan fingerprint density at radius 1 is 1.13 bits per heavy atom. The van der Waals surface area contributed by atoms with Crippen LogP contribution in [0, 0.1) is 0 Å². The highest BCUT2D eigenvalue weighted by Gasteiger charge is 2.18. The average Bonchev–Trinajstić information content (AvgIpc) is 2.92. The molecule has 1 amide bonds. The Bertz CT molecular complexity index is 875. The molecular formula is C17H14ClNO3S. The van der Waals surface area contributed by atoms with Crippen LogP contribution in [0.5, 0.6) is 11.5 Å². The van der Waals surface area contributed by atoms with Crippen molar-refractivity contribution in [1.82, 2.24) is 0 Å². The maximum atomic E-state index is 12.6. The lowest BCUT2D eigenvalue weighted by molar-refractivity contribution is 0.103. The molecule has 3 aromatic rings. The highest BCUT2D eigenvalue weighted by molar-refractivity contribution is 7.21. The Balaban J connectivity index is 1.93. The van der Waals surface area contributed by atoms with Crippen LogP contribution in [0.3, 0.4) is 0 Å². The molecule has 0 saturated carbocycles. The summed E-state index contributed by atoms with van der Waals surface area (Å²) in [5.41, 5.74) is 0.562. The van der Waals surface area contributed by atoms with Gasteiger partial charge in [-0.25, -0.2) is 0 Å². The SMILES string of the molecule is COc1ccc(NC(=O)c2sc3ccccc3c2Cl)c(OC)c1. The number of methoxy groups -OCH3 is 2. The number of amides is 1. The molecule has 0 radical (unpaired) electrons. The van der Waals surface area contributed by atoms with Crippen molar-refractivity contribution in [2.45, 2.75) is 0 Å². The number of hydrogen-bond donors (Lipinski definition) is 1. The number of carbonyl (C=O) groups excluding carboxylic acids is 1. The second-order valence-electron chi connectivity index (χ2n) is 4.76. The quantitative estimate of drug-likeness (QED) is 0.735. The van der Waals surface area contributed by atoms with Crippen LogP contribution in [-0.2, 0) is 0 Å². The minimum Gasteiger partial charge on any atom is -0.497 e. The Morgan fingerprint density at radius 3 is 2.61 bits per heavy atom. The number of nitrogens with one attached hydrogen (secondary N) is 1. The molecule has 0 unspecified atom stereocenters. The van der Waals surface area contributed by atoms with Gasteiger partial charge in [0.15, 0.2) is 0 Å². The summed E-state index contributed by atoms with van der Waals surface area (Å²) in [6.45, 7) is 0. The van der Waals surface area contributed by atoms with Crippen LogP contribution < -0.4 is 14.8 Å². The van der Waals surface area contributed by atoms with Crippen LogP contribution in [0.25, 0.3) is 10.1 Å². The average molecular weight is 348 g/mol. The van der Waals surface area contributed by atoms with E-state index in [2.05, 4.69) is 5.32 Å². The molecule has 2 aromatic carbocycles. The van der Waals surface area contributed by atoms with Gasteiger partial charge in [0.1, 0.15) is 16.4 Å². The van der Waals surface area contributed by atoms with E-state index in [-0.39, 0.29) is 5.91 Å². The molecule has 118 valence electrons. The van der Waals surface area contributed by atoms with E-state index in [0.717, 1.165) is 10.1 Å². The molecule has 0 spiro atoms. The molecule has 0 aliphatic heterocycles.